The van der Waals surface area contributed by atoms with Crippen LogP contribution < -0.4 is 0 Å². The average molecular weight is 269 g/mol. The number of nitrogens with zero attached hydrogens (tertiary/aromatic N) is 1. The van der Waals surface area contributed by atoms with E-state index in [-0.39, 0.29) is 18.5 Å². The average Bonchev–Trinajstić information content (AvgIpc) is 2.90. The molecule has 0 spiro atoms. The third-order valence-corrected chi connectivity index (χ3v) is 3.65. The van der Waals surface area contributed by atoms with E-state index in [0.29, 0.717) is 31.6 Å². The molecule has 1 N–H and O–H groups in total. The molecule has 1 aliphatic heterocycles. The number of thiophene rings is 1. The zero-order valence-corrected chi connectivity index (χ0v) is 10.7. The molecule has 2 rings (SSSR count). The van der Waals surface area contributed by atoms with Gasteiger partial charge in [0.1, 0.15) is 6.54 Å². The van der Waals surface area contributed by atoms with Crippen molar-refractivity contribution in [2.45, 2.75) is 18.9 Å². The molecule has 18 heavy (non-hydrogen) atoms. The van der Waals surface area contributed by atoms with Crippen molar-refractivity contribution in [1.29, 1.82) is 0 Å². The topological polar surface area (TPSA) is 66.8 Å². The van der Waals surface area contributed by atoms with Gasteiger partial charge in [-0.2, -0.15) is 11.3 Å². The molecular formula is C12H15NO4S. The van der Waals surface area contributed by atoms with Gasteiger partial charge in [0, 0.05) is 24.6 Å². The largest absolute Gasteiger partial charge is 0.480 e. The normalized spacial score (nSPS) is 16.4. The van der Waals surface area contributed by atoms with Crippen LogP contribution in [0, 0.1) is 0 Å². The highest BCUT2D eigenvalue weighted by molar-refractivity contribution is 7.08. The fourth-order valence-electron chi connectivity index (χ4n) is 2.06. The molecule has 1 saturated heterocycles. The first-order valence-corrected chi connectivity index (χ1v) is 6.75. The van der Waals surface area contributed by atoms with Gasteiger partial charge in [0.2, 0.25) is 0 Å². The van der Waals surface area contributed by atoms with Crippen molar-refractivity contribution in [1.82, 2.24) is 4.90 Å². The number of carboxylic acid groups (broad SMARTS) is 1. The maximum Gasteiger partial charge on any atom is 0.323 e. The Morgan fingerprint density at radius 3 is 2.72 bits per heavy atom. The van der Waals surface area contributed by atoms with Crippen molar-refractivity contribution < 1.29 is 19.4 Å². The van der Waals surface area contributed by atoms with Gasteiger partial charge in [-0.1, -0.05) is 0 Å². The highest BCUT2D eigenvalue weighted by atomic mass is 32.1. The van der Waals surface area contributed by atoms with Crippen molar-refractivity contribution in [3.8, 4) is 0 Å². The summed E-state index contributed by atoms with van der Waals surface area (Å²) in [5.74, 6) is -1.18. The Morgan fingerprint density at radius 2 is 2.17 bits per heavy atom. The lowest BCUT2D eigenvalue weighted by molar-refractivity contribution is -0.138. The van der Waals surface area contributed by atoms with Crippen LogP contribution in [0.3, 0.4) is 0 Å². The molecule has 0 aromatic carbocycles. The van der Waals surface area contributed by atoms with Gasteiger partial charge < -0.3 is 14.7 Å². The Morgan fingerprint density at radius 1 is 1.44 bits per heavy atom. The van der Waals surface area contributed by atoms with Crippen LogP contribution in [0.2, 0.25) is 0 Å². The molecule has 1 aromatic rings. The third kappa shape index (κ3) is 3.08. The highest BCUT2D eigenvalue weighted by Crippen LogP contribution is 2.18. The van der Waals surface area contributed by atoms with Crippen LogP contribution in [0.25, 0.3) is 0 Å². The van der Waals surface area contributed by atoms with Gasteiger partial charge in [-0.15, -0.1) is 0 Å². The summed E-state index contributed by atoms with van der Waals surface area (Å²) in [5.41, 5.74) is 0.563. The maximum atomic E-state index is 12.3. The quantitative estimate of drug-likeness (QED) is 0.898. The molecule has 1 aromatic heterocycles. The fourth-order valence-corrected chi connectivity index (χ4v) is 2.69. The first-order valence-electron chi connectivity index (χ1n) is 5.81. The molecule has 0 radical (unpaired) electrons. The number of rotatable bonds is 4. The van der Waals surface area contributed by atoms with Gasteiger partial charge in [0.05, 0.1) is 5.56 Å². The minimum absolute atomic E-state index is 0.0396. The van der Waals surface area contributed by atoms with E-state index in [1.54, 1.807) is 11.4 Å². The molecule has 2 heterocycles. The second-order valence-electron chi connectivity index (χ2n) is 4.18. The second kappa shape index (κ2) is 5.97. The summed E-state index contributed by atoms with van der Waals surface area (Å²) in [4.78, 5) is 24.6. The molecule has 6 heteroatoms. The Hall–Kier alpha value is -1.40. The van der Waals surface area contributed by atoms with E-state index in [0.717, 1.165) is 0 Å². The number of carboxylic acids is 1. The number of carbonyl (C=O) groups is 2. The van der Waals surface area contributed by atoms with E-state index in [2.05, 4.69) is 0 Å². The molecule has 1 fully saturated rings. The van der Waals surface area contributed by atoms with Gasteiger partial charge in [-0.25, -0.2) is 0 Å². The number of ether oxygens (including phenoxy) is 1. The Balaban J connectivity index is 2.13. The molecule has 0 unspecified atom stereocenters. The zero-order valence-electron chi connectivity index (χ0n) is 9.87. The summed E-state index contributed by atoms with van der Waals surface area (Å²) < 4.78 is 5.24. The van der Waals surface area contributed by atoms with E-state index in [4.69, 9.17) is 9.84 Å². The second-order valence-corrected chi connectivity index (χ2v) is 4.96. The van der Waals surface area contributed by atoms with Gasteiger partial charge in [-0.3, -0.25) is 9.59 Å². The smallest absolute Gasteiger partial charge is 0.323 e. The van der Waals surface area contributed by atoms with Crippen molar-refractivity contribution >= 4 is 23.2 Å². The van der Waals surface area contributed by atoms with Crippen molar-refractivity contribution in [2.24, 2.45) is 0 Å². The number of amides is 1. The molecule has 1 amide bonds. The Labute approximate surface area is 109 Å². The van der Waals surface area contributed by atoms with Crippen LogP contribution >= 0.6 is 11.3 Å². The van der Waals surface area contributed by atoms with E-state index >= 15 is 0 Å². The first kappa shape index (κ1) is 13.0. The molecular weight excluding hydrogens is 254 g/mol. The Kier molecular flexibility index (Phi) is 4.33. The SMILES string of the molecule is O=C(O)CN(C(=O)c1ccsc1)C1CCOCC1. The minimum Gasteiger partial charge on any atom is -0.480 e. The Bertz CT molecular complexity index is 412. The van der Waals surface area contributed by atoms with Crippen LogP contribution in [0.4, 0.5) is 0 Å². The lowest BCUT2D eigenvalue weighted by atomic mass is 10.1. The minimum atomic E-state index is -0.981. The molecule has 1 aliphatic rings. The van der Waals surface area contributed by atoms with E-state index in [9.17, 15) is 9.59 Å². The lowest BCUT2D eigenvalue weighted by Crippen LogP contribution is -2.45. The predicted molar refractivity (Wildman–Crippen MR) is 66.8 cm³/mol. The van der Waals surface area contributed by atoms with E-state index in [1.807, 2.05) is 5.38 Å². The number of carbonyl (C=O) groups excluding carboxylic acids is 1. The standard InChI is InChI=1S/C12H15NO4S/c14-11(15)7-13(10-1-4-17-5-2-10)12(16)9-3-6-18-8-9/h3,6,8,10H,1-2,4-5,7H2,(H,14,15). The number of aliphatic carboxylic acids is 1. The summed E-state index contributed by atoms with van der Waals surface area (Å²) in [6.45, 7) is 0.911. The predicted octanol–water partition coefficient (Wildman–Crippen LogP) is 1.45. The van der Waals surface area contributed by atoms with Gasteiger partial charge in [0.15, 0.2) is 0 Å². The van der Waals surface area contributed by atoms with Crippen LogP contribution in [-0.2, 0) is 9.53 Å². The summed E-state index contributed by atoms with van der Waals surface area (Å²) in [6.07, 6.45) is 1.40. The molecule has 0 aliphatic carbocycles. The molecule has 0 atom stereocenters. The fraction of sp³-hybridized carbons (Fsp3) is 0.500. The monoisotopic (exact) mass is 269 g/mol. The van der Waals surface area contributed by atoms with E-state index < -0.39 is 5.97 Å². The number of hydrogen-bond donors (Lipinski definition) is 1. The van der Waals surface area contributed by atoms with E-state index in [1.165, 1.54) is 16.2 Å². The summed E-state index contributed by atoms with van der Waals surface area (Å²) in [7, 11) is 0. The van der Waals surface area contributed by atoms with Crippen LogP contribution in [0.15, 0.2) is 16.8 Å². The highest BCUT2D eigenvalue weighted by Gasteiger charge is 2.28. The van der Waals surface area contributed by atoms with Crippen molar-refractivity contribution in [2.75, 3.05) is 19.8 Å². The van der Waals surface area contributed by atoms with Gasteiger partial charge >= 0.3 is 5.97 Å². The third-order valence-electron chi connectivity index (χ3n) is 2.97. The zero-order chi connectivity index (χ0) is 13.0. The molecule has 0 saturated carbocycles. The molecule has 5 nitrogen and oxygen atoms in total. The van der Waals surface area contributed by atoms with Crippen LogP contribution in [0.1, 0.15) is 23.2 Å². The molecule has 0 bridgehead atoms. The summed E-state index contributed by atoms with van der Waals surface area (Å²) in [5, 5.41) is 12.5. The van der Waals surface area contributed by atoms with Crippen molar-refractivity contribution in [3.05, 3.63) is 22.4 Å². The molecule has 98 valence electrons. The van der Waals surface area contributed by atoms with Crippen molar-refractivity contribution in [3.63, 3.8) is 0 Å². The number of hydrogen-bond acceptors (Lipinski definition) is 4. The van der Waals surface area contributed by atoms with Gasteiger partial charge in [-0.05, 0) is 24.3 Å². The van der Waals surface area contributed by atoms with Gasteiger partial charge in [0.25, 0.3) is 5.91 Å². The lowest BCUT2D eigenvalue weighted by Gasteiger charge is -2.33. The van der Waals surface area contributed by atoms with Crippen LogP contribution in [0.5, 0.6) is 0 Å². The first-order chi connectivity index (χ1) is 8.68. The maximum absolute atomic E-state index is 12.3. The van der Waals surface area contributed by atoms with Crippen LogP contribution in [-0.4, -0.2) is 47.7 Å². The summed E-state index contributed by atoms with van der Waals surface area (Å²) in [6, 6.07) is 1.68. The summed E-state index contributed by atoms with van der Waals surface area (Å²) >= 11 is 1.43.